The summed E-state index contributed by atoms with van der Waals surface area (Å²) in [6.07, 6.45) is -0.0365. The van der Waals surface area contributed by atoms with Crippen molar-refractivity contribution in [3.8, 4) is 0 Å². The third-order valence-corrected chi connectivity index (χ3v) is 1.63. The zero-order valence-electron chi connectivity index (χ0n) is 7.61. The highest BCUT2D eigenvalue weighted by molar-refractivity contribution is 5.98. The minimum Gasteiger partial charge on any atom is -0.409 e. The van der Waals surface area contributed by atoms with Crippen molar-refractivity contribution in [3.63, 3.8) is 0 Å². The van der Waals surface area contributed by atoms with Gasteiger partial charge in [-0.2, -0.15) is 0 Å². The van der Waals surface area contributed by atoms with E-state index in [2.05, 4.69) is 5.16 Å². The Hall–Kier alpha value is -1.26. The Morgan fingerprint density at radius 2 is 2.17 bits per heavy atom. The number of rotatable bonds is 3. The summed E-state index contributed by atoms with van der Waals surface area (Å²) in [5.74, 6) is -0.215. The molecule has 0 aromatic heterocycles. The van der Waals surface area contributed by atoms with Crippen molar-refractivity contribution in [1.82, 2.24) is 4.90 Å². The summed E-state index contributed by atoms with van der Waals surface area (Å²) in [7, 11) is 1.68. The van der Waals surface area contributed by atoms with Crippen molar-refractivity contribution < 1.29 is 10.0 Å². The summed E-state index contributed by atoms with van der Waals surface area (Å²) >= 11 is 0. The fraction of sp³-hybridized carbons (Fsp3) is 0.714. The maximum Gasteiger partial charge on any atom is 0.230 e. The number of hydrogen-bond donors (Lipinski definition) is 2. The number of hydrogen-bond acceptors (Lipinski definition) is 3. The van der Waals surface area contributed by atoms with Crippen LogP contribution < -0.4 is 5.73 Å². The maximum absolute atomic E-state index is 11.2. The molecule has 0 saturated carbocycles. The van der Waals surface area contributed by atoms with E-state index in [0.29, 0.717) is 0 Å². The van der Waals surface area contributed by atoms with Crippen LogP contribution in [-0.2, 0) is 4.79 Å². The highest BCUT2D eigenvalue weighted by Crippen LogP contribution is 1.97. The van der Waals surface area contributed by atoms with E-state index in [-0.39, 0.29) is 24.2 Å². The summed E-state index contributed by atoms with van der Waals surface area (Å²) in [5, 5.41) is 10.9. The van der Waals surface area contributed by atoms with Gasteiger partial charge in [-0.3, -0.25) is 4.79 Å². The highest BCUT2D eigenvalue weighted by atomic mass is 16.4. The van der Waals surface area contributed by atoms with Gasteiger partial charge in [0.1, 0.15) is 5.84 Å². The fourth-order valence-corrected chi connectivity index (χ4v) is 0.603. The molecule has 0 radical (unpaired) electrons. The van der Waals surface area contributed by atoms with Crippen LogP contribution in [0.1, 0.15) is 20.3 Å². The molecule has 5 heteroatoms. The van der Waals surface area contributed by atoms with Crippen LogP contribution in [0, 0.1) is 0 Å². The third kappa shape index (κ3) is 3.23. The fourth-order valence-electron chi connectivity index (χ4n) is 0.603. The van der Waals surface area contributed by atoms with Gasteiger partial charge in [0.2, 0.25) is 5.91 Å². The van der Waals surface area contributed by atoms with Gasteiger partial charge < -0.3 is 15.8 Å². The second-order valence-electron chi connectivity index (χ2n) is 2.87. The van der Waals surface area contributed by atoms with Crippen LogP contribution in [-0.4, -0.2) is 34.9 Å². The first-order valence-electron chi connectivity index (χ1n) is 3.71. The number of nitrogens with two attached hydrogens (primary N) is 1. The lowest BCUT2D eigenvalue weighted by Gasteiger charge is -2.20. The second-order valence-corrected chi connectivity index (χ2v) is 2.87. The van der Waals surface area contributed by atoms with Crippen LogP contribution in [0.4, 0.5) is 0 Å². The van der Waals surface area contributed by atoms with Crippen molar-refractivity contribution >= 4 is 11.7 Å². The predicted octanol–water partition coefficient (Wildman–Crippen LogP) is -0.0103. The molecular weight excluding hydrogens is 158 g/mol. The summed E-state index contributed by atoms with van der Waals surface area (Å²) < 4.78 is 0. The van der Waals surface area contributed by atoms with E-state index in [9.17, 15) is 4.79 Å². The molecule has 0 aliphatic heterocycles. The minimum absolute atomic E-state index is 0.0365. The minimum atomic E-state index is -0.152. The van der Waals surface area contributed by atoms with Gasteiger partial charge in [0, 0.05) is 13.1 Å². The van der Waals surface area contributed by atoms with Crippen molar-refractivity contribution in [2.45, 2.75) is 26.3 Å². The molecule has 0 aliphatic rings. The Morgan fingerprint density at radius 3 is 2.50 bits per heavy atom. The number of amides is 1. The molecule has 0 rings (SSSR count). The lowest BCUT2D eigenvalue weighted by atomic mass is 10.3. The third-order valence-electron chi connectivity index (χ3n) is 1.63. The first-order valence-corrected chi connectivity index (χ1v) is 3.71. The van der Waals surface area contributed by atoms with Crippen molar-refractivity contribution in [1.29, 1.82) is 0 Å². The van der Waals surface area contributed by atoms with E-state index < -0.39 is 0 Å². The largest absolute Gasteiger partial charge is 0.409 e. The second kappa shape index (κ2) is 4.58. The topological polar surface area (TPSA) is 78.9 Å². The maximum atomic E-state index is 11.2. The van der Waals surface area contributed by atoms with Gasteiger partial charge in [0.25, 0.3) is 0 Å². The predicted molar refractivity (Wildman–Crippen MR) is 45.9 cm³/mol. The molecule has 5 nitrogen and oxygen atoms in total. The van der Waals surface area contributed by atoms with E-state index in [1.54, 1.807) is 7.05 Å². The molecule has 0 heterocycles. The first-order chi connectivity index (χ1) is 5.49. The van der Waals surface area contributed by atoms with E-state index >= 15 is 0 Å². The van der Waals surface area contributed by atoms with Crippen LogP contribution >= 0.6 is 0 Å². The Bertz CT molecular complexity index is 189. The van der Waals surface area contributed by atoms with E-state index in [1.165, 1.54) is 4.90 Å². The summed E-state index contributed by atoms with van der Waals surface area (Å²) in [6.45, 7) is 3.79. The lowest BCUT2D eigenvalue weighted by molar-refractivity contribution is -0.130. The summed E-state index contributed by atoms with van der Waals surface area (Å²) in [5.41, 5.74) is 5.16. The molecule has 0 unspecified atom stereocenters. The van der Waals surface area contributed by atoms with Crippen LogP contribution in [0.15, 0.2) is 5.16 Å². The molecule has 0 aromatic carbocycles. The Balaban J connectivity index is 4.05. The van der Waals surface area contributed by atoms with E-state index in [0.717, 1.165) is 0 Å². The van der Waals surface area contributed by atoms with Crippen LogP contribution in [0.2, 0.25) is 0 Å². The van der Waals surface area contributed by atoms with Crippen molar-refractivity contribution in [3.05, 3.63) is 0 Å². The molecule has 70 valence electrons. The lowest BCUT2D eigenvalue weighted by Crippen LogP contribution is -2.35. The Kier molecular flexibility index (Phi) is 4.10. The summed E-state index contributed by atoms with van der Waals surface area (Å²) in [6, 6.07) is 0.129. The monoisotopic (exact) mass is 173 g/mol. The molecule has 0 aromatic rings. The Labute approximate surface area is 71.8 Å². The van der Waals surface area contributed by atoms with Crippen molar-refractivity contribution in [2.24, 2.45) is 10.9 Å². The summed E-state index contributed by atoms with van der Waals surface area (Å²) in [4.78, 5) is 12.7. The van der Waals surface area contributed by atoms with E-state index in [4.69, 9.17) is 10.9 Å². The molecule has 0 spiro atoms. The molecule has 0 bridgehead atoms. The molecule has 0 fully saturated rings. The van der Waals surface area contributed by atoms with Gasteiger partial charge in [-0.15, -0.1) is 0 Å². The molecule has 0 atom stereocenters. The molecule has 0 saturated heterocycles. The van der Waals surface area contributed by atoms with Gasteiger partial charge >= 0.3 is 0 Å². The highest BCUT2D eigenvalue weighted by Gasteiger charge is 2.12. The molecule has 0 aliphatic carbocycles. The van der Waals surface area contributed by atoms with Crippen LogP contribution in [0.5, 0.6) is 0 Å². The number of oxime groups is 1. The van der Waals surface area contributed by atoms with Gasteiger partial charge in [0.05, 0.1) is 6.42 Å². The van der Waals surface area contributed by atoms with Gasteiger partial charge in [0.15, 0.2) is 0 Å². The smallest absolute Gasteiger partial charge is 0.230 e. The zero-order valence-corrected chi connectivity index (χ0v) is 7.61. The Morgan fingerprint density at radius 1 is 1.67 bits per heavy atom. The number of carbonyl (C=O) groups excluding carboxylic acids is 1. The molecular formula is C7H15N3O2. The van der Waals surface area contributed by atoms with Gasteiger partial charge in [-0.1, -0.05) is 5.16 Å². The molecule has 1 amide bonds. The standard InChI is InChI=1S/C7H15N3O2/c1-5(2)10(3)7(11)4-6(8)9-12/h5,12H,4H2,1-3H3,(H2,8,9). The molecule has 3 N–H and O–H groups in total. The molecule has 12 heavy (non-hydrogen) atoms. The van der Waals surface area contributed by atoms with Crippen LogP contribution in [0.25, 0.3) is 0 Å². The zero-order chi connectivity index (χ0) is 9.72. The average molecular weight is 173 g/mol. The number of carbonyl (C=O) groups is 1. The van der Waals surface area contributed by atoms with E-state index in [1.807, 2.05) is 13.8 Å². The quantitative estimate of drug-likeness (QED) is 0.272. The van der Waals surface area contributed by atoms with Crippen LogP contribution in [0.3, 0.4) is 0 Å². The van der Waals surface area contributed by atoms with Gasteiger partial charge in [-0.05, 0) is 13.8 Å². The first kappa shape index (κ1) is 10.7. The number of amidine groups is 1. The number of nitrogens with zero attached hydrogens (tertiary/aromatic N) is 2. The van der Waals surface area contributed by atoms with Gasteiger partial charge in [-0.25, -0.2) is 0 Å². The SMILES string of the molecule is CC(C)N(C)C(=O)C/C(N)=N/O. The normalized spacial score (nSPS) is 11.8. The van der Waals surface area contributed by atoms with Crippen molar-refractivity contribution in [2.75, 3.05) is 7.05 Å². The average Bonchev–Trinajstić information content (AvgIpc) is 2.02.